The lowest BCUT2D eigenvalue weighted by molar-refractivity contribution is 1.19. The van der Waals surface area contributed by atoms with Gasteiger partial charge >= 0.3 is 0 Å². The summed E-state index contributed by atoms with van der Waals surface area (Å²) >= 11 is 2.09. The molecule has 0 aromatic carbocycles. The highest BCUT2D eigenvalue weighted by Crippen LogP contribution is 2.13. The molecule has 0 fully saturated rings. The molecule has 0 N–H and O–H groups in total. The van der Waals surface area contributed by atoms with E-state index in [9.17, 15) is 0 Å². The van der Waals surface area contributed by atoms with Crippen molar-refractivity contribution in [2.75, 3.05) is 0 Å². The fraction of sp³-hybridized carbons (Fsp3) is 0.143. The third kappa shape index (κ3) is 1.76. The zero-order chi connectivity index (χ0) is 7.40. The van der Waals surface area contributed by atoms with Crippen molar-refractivity contribution in [3.8, 4) is 0 Å². The molecule has 0 unspecified atom stereocenters. The second-order valence-electron chi connectivity index (χ2n) is 1.83. The Morgan fingerprint density at radius 2 is 2.50 bits per heavy atom. The number of aryl methyl sites for hydroxylation is 1. The molecule has 1 aromatic rings. The maximum Gasteiger partial charge on any atom is 0.0847 e. The van der Waals surface area contributed by atoms with Crippen molar-refractivity contribution in [2.45, 2.75) is 6.92 Å². The predicted octanol–water partition coefficient (Wildman–Crippen LogP) is 2.48. The largest absolute Gasteiger partial charge is 0.259 e. The number of nitrogens with zero attached hydrogens (tertiary/aromatic N) is 2. The average molecular weight is 246 g/mol. The van der Waals surface area contributed by atoms with Crippen LogP contribution in [-0.4, -0.2) is 9.21 Å². The Balaban J connectivity index is 3.03. The van der Waals surface area contributed by atoms with Crippen molar-refractivity contribution in [3.63, 3.8) is 0 Å². The number of hydrogen-bond donors (Lipinski definition) is 0. The first-order chi connectivity index (χ1) is 4.84. The molecule has 2 nitrogen and oxygen atoms in total. The Bertz CT molecular complexity index is 245. The van der Waals surface area contributed by atoms with Crippen LogP contribution >= 0.6 is 22.6 Å². The number of pyridine rings is 1. The molecule has 0 saturated carbocycles. The standard InChI is InChI=1S/C7H7IN2/c1-6-7(10-5-8)3-2-4-9-6/h2-5H,1H3. The van der Waals surface area contributed by atoms with Crippen molar-refractivity contribution < 1.29 is 0 Å². The van der Waals surface area contributed by atoms with Crippen molar-refractivity contribution >= 4 is 32.5 Å². The van der Waals surface area contributed by atoms with Gasteiger partial charge in [-0.1, -0.05) is 0 Å². The molecule has 0 aliphatic heterocycles. The topological polar surface area (TPSA) is 25.2 Å². The zero-order valence-electron chi connectivity index (χ0n) is 5.58. The fourth-order valence-electron chi connectivity index (χ4n) is 0.665. The van der Waals surface area contributed by atoms with E-state index in [-0.39, 0.29) is 0 Å². The first-order valence-electron chi connectivity index (χ1n) is 2.89. The summed E-state index contributed by atoms with van der Waals surface area (Å²) in [4.78, 5) is 8.19. The van der Waals surface area contributed by atoms with Crippen LogP contribution in [0.25, 0.3) is 0 Å². The molecule has 0 aliphatic rings. The van der Waals surface area contributed by atoms with Crippen LogP contribution in [0.15, 0.2) is 23.3 Å². The smallest absolute Gasteiger partial charge is 0.0847 e. The summed E-state index contributed by atoms with van der Waals surface area (Å²) in [5, 5.41) is 0. The maximum atomic E-state index is 4.11. The summed E-state index contributed by atoms with van der Waals surface area (Å²) in [5.74, 6) is 0. The Labute approximate surface area is 73.5 Å². The lowest BCUT2D eigenvalue weighted by Gasteiger charge is -1.94. The maximum absolute atomic E-state index is 4.11. The van der Waals surface area contributed by atoms with Gasteiger partial charge < -0.3 is 0 Å². The summed E-state index contributed by atoms with van der Waals surface area (Å²) in [6.45, 7) is 1.94. The van der Waals surface area contributed by atoms with E-state index in [2.05, 4.69) is 32.6 Å². The molecule has 1 rings (SSSR count). The van der Waals surface area contributed by atoms with E-state index in [4.69, 9.17) is 0 Å². The Morgan fingerprint density at radius 3 is 3.10 bits per heavy atom. The molecular formula is C7H7IN2. The molecule has 10 heavy (non-hydrogen) atoms. The molecule has 0 bridgehead atoms. The van der Waals surface area contributed by atoms with Gasteiger partial charge in [0, 0.05) is 6.20 Å². The van der Waals surface area contributed by atoms with E-state index in [0.29, 0.717) is 0 Å². The van der Waals surface area contributed by atoms with Gasteiger partial charge in [-0.15, -0.1) is 0 Å². The second-order valence-corrected chi connectivity index (χ2v) is 2.39. The van der Waals surface area contributed by atoms with Crippen molar-refractivity contribution in [2.24, 2.45) is 4.99 Å². The third-order valence-electron chi connectivity index (χ3n) is 1.17. The van der Waals surface area contributed by atoms with Crippen LogP contribution in [0, 0.1) is 6.92 Å². The van der Waals surface area contributed by atoms with Crippen LogP contribution in [0.5, 0.6) is 0 Å². The van der Waals surface area contributed by atoms with Gasteiger partial charge in [0.15, 0.2) is 0 Å². The molecule has 1 heterocycles. The van der Waals surface area contributed by atoms with Crippen LogP contribution in [0.4, 0.5) is 5.69 Å². The molecule has 0 amide bonds. The molecule has 0 aliphatic carbocycles. The highest BCUT2D eigenvalue weighted by molar-refractivity contribution is 14.1. The second kappa shape index (κ2) is 3.65. The Hall–Kier alpha value is -0.450. The average Bonchev–Trinajstić information content (AvgIpc) is 1.94. The van der Waals surface area contributed by atoms with Gasteiger partial charge in [-0.3, -0.25) is 4.98 Å². The quantitative estimate of drug-likeness (QED) is 0.552. The Morgan fingerprint density at radius 1 is 1.70 bits per heavy atom. The van der Waals surface area contributed by atoms with Crippen molar-refractivity contribution in [3.05, 3.63) is 24.0 Å². The summed E-state index contributed by atoms with van der Waals surface area (Å²) < 4.78 is 1.74. The van der Waals surface area contributed by atoms with E-state index in [1.54, 1.807) is 10.4 Å². The van der Waals surface area contributed by atoms with E-state index in [0.717, 1.165) is 11.4 Å². The molecule has 0 saturated heterocycles. The highest BCUT2D eigenvalue weighted by atomic mass is 127. The lowest BCUT2D eigenvalue weighted by Crippen LogP contribution is -1.77. The van der Waals surface area contributed by atoms with Gasteiger partial charge in [0.2, 0.25) is 0 Å². The molecular weight excluding hydrogens is 239 g/mol. The first kappa shape index (κ1) is 7.65. The van der Waals surface area contributed by atoms with Gasteiger partial charge in [-0.2, -0.15) is 0 Å². The number of hydrogen-bond acceptors (Lipinski definition) is 2. The third-order valence-corrected chi connectivity index (χ3v) is 1.45. The number of aliphatic imine (C=N–C) groups is 1. The molecule has 0 spiro atoms. The minimum absolute atomic E-state index is 0.942. The van der Waals surface area contributed by atoms with Gasteiger partial charge in [-0.05, 0) is 41.6 Å². The normalized spacial score (nSPS) is 10.6. The van der Waals surface area contributed by atoms with Crippen LogP contribution in [0.2, 0.25) is 0 Å². The molecule has 1 aromatic heterocycles. The van der Waals surface area contributed by atoms with E-state index < -0.39 is 0 Å². The van der Waals surface area contributed by atoms with E-state index in [1.807, 2.05) is 19.1 Å². The van der Waals surface area contributed by atoms with Crippen LogP contribution in [-0.2, 0) is 0 Å². The number of halogens is 1. The van der Waals surface area contributed by atoms with Crippen LogP contribution < -0.4 is 0 Å². The monoisotopic (exact) mass is 246 g/mol. The van der Waals surface area contributed by atoms with Gasteiger partial charge in [0.05, 0.1) is 15.6 Å². The SMILES string of the molecule is Cc1ncccc1N=CI. The molecule has 0 atom stereocenters. The van der Waals surface area contributed by atoms with E-state index >= 15 is 0 Å². The first-order valence-corrected chi connectivity index (χ1v) is 4.13. The summed E-state index contributed by atoms with van der Waals surface area (Å²) in [5.41, 5.74) is 1.91. The van der Waals surface area contributed by atoms with Gasteiger partial charge in [0.1, 0.15) is 0 Å². The lowest BCUT2D eigenvalue weighted by atomic mass is 10.3. The summed E-state index contributed by atoms with van der Waals surface area (Å²) in [6.07, 6.45) is 1.77. The van der Waals surface area contributed by atoms with Crippen molar-refractivity contribution in [1.29, 1.82) is 0 Å². The number of rotatable bonds is 1. The number of aromatic nitrogens is 1. The summed E-state index contributed by atoms with van der Waals surface area (Å²) in [7, 11) is 0. The van der Waals surface area contributed by atoms with Crippen molar-refractivity contribution in [1.82, 2.24) is 4.98 Å². The fourth-order valence-corrected chi connectivity index (χ4v) is 0.965. The highest BCUT2D eigenvalue weighted by Gasteiger charge is 1.91. The minimum Gasteiger partial charge on any atom is -0.259 e. The molecule has 52 valence electrons. The molecule has 0 radical (unpaired) electrons. The minimum atomic E-state index is 0.942. The summed E-state index contributed by atoms with van der Waals surface area (Å²) in [6, 6.07) is 3.82. The van der Waals surface area contributed by atoms with Crippen LogP contribution in [0.3, 0.4) is 0 Å². The van der Waals surface area contributed by atoms with Gasteiger partial charge in [-0.25, -0.2) is 4.99 Å². The van der Waals surface area contributed by atoms with Crippen LogP contribution in [0.1, 0.15) is 5.69 Å². The predicted molar refractivity (Wildman–Crippen MR) is 51.1 cm³/mol. The Kier molecular flexibility index (Phi) is 2.80. The zero-order valence-corrected chi connectivity index (χ0v) is 7.74. The van der Waals surface area contributed by atoms with Gasteiger partial charge in [0.25, 0.3) is 0 Å². The van der Waals surface area contributed by atoms with E-state index in [1.165, 1.54) is 0 Å². The molecule has 3 heteroatoms.